The van der Waals surface area contributed by atoms with Crippen LogP contribution in [0.4, 0.5) is 17.6 Å². The lowest BCUT2D eigenvalue weighted by Crippen LogP contribution is -2.53. The number of nitrogens with two attached hydrogens (primary N) is 1. The van der Waals surface area contributed by atoms with E-state index < -0.39 is 24.3 Å². The topological polar surface area (TPSA) is 46.3 Å². The van der Waals surface area contributed by atoms with Crippen LogP contribution in [0.1, 0.15) is 12.8 Å². The van der Waals surface area contributed by atoms with Gasteiger partial charge in [-0.05, 0) is 12.8 Å². The molecule has 0 saturated carbocycles. The van der Waals surface area contributed by atoms with Crippen LogP contribution < -0.4 is 5.73 Å². The quantitative estimate of drug-likeness (QED) is 0.712. The highest BCUT2D eigenvalue weighted by Crippen LogP contribution is 2.26. The van der Waals surface area contributed by atoms with E-state index in [0.29, 0.717) is 17.7 Å². The van der Waals surface area contributed by atoms with Gasteiger partial charge in [0.15, 0.2) is 0 Å². The van der Waals surface area contributed by atoms with Gasteiger partial charge < -0.3 is 10.6 Å². The minimum Gasteiger partial charge on any atom is -0.336 e. The minimum absolute atomic E-state index is 0.0643. The van der Waals surface area contributed by atoms with Gasteiger partial charge in [-0.2, -0.15) is 8.78 Å². The van der Waals surface area contributed by atoms with Crippen molar-refractivity contribution >= 4 is 5.91 Å². The first-order valence-corrected chi connectivity index (χ1v) is 4.56. The van der Waals surface area contributed by atoms with E-state index in [2.05, 4.69) is 0 Å². The number of hydrogen-bond acceptors (Lipinski definition) is 2. The van der Waals surface area contributed by atoms with Gasteiger partial charge in [-0.25, -0.2) is 8.78 Å². The molecule has 0 spiro atoms. The maximum Gasteiger partial charge on any atom is 0.383 e. The summed E-state index contributed by atoms with van der Waals surface area (Å²) in [6.45, 7) is -0.0179. The third-order valence-electron chi connectivity index (χ3n) is 2.30. The summed E-state index contributed by atoms with van der Waals surface area (Å²) in [5.74, 6) is -6.43. The van der Waals surface area contributed by atoms with Gasteiger partial charge in [0, 0.05) is 19.1 Å². The van der Waals surface area contributed by atoms with Crippen molar-refractivity contribution in [1.29, 1.82) is 0 Å². The summed E-state index contributed by atoms with van der Waals surface area (Å²) < 4.78 is 49.1. The number of halogens is 4. The highest BCUT2D eigenvalue weighted by molar-refractivity contribution is 5.84. The maximum atomic E-state index is 12.7. The van der Waals surface area contributed by atoms with Crippen LogP contribution in [0.2, 0.25) is 0 Å². The summed E-state index contributed by atoms with van der Waals surface area (Å²) in [5, 5.41) is 0. The molecule has 7 heteroatoms. The van der Waals surface area contributed by atoms with Crippen LogP contribution in [0.5, 0.6) is 0 Å². The highest BCUT2D eigenvalue weighted by Gasteiger charge is 2.51. The van der Waals surface area contributed by atoms with Gasteiger partial charge in [0.2, 0.25) is 0 Å². The monoisotopic (exact) mass is 228 g/mol. The second-order valence-electron chi connectivity index (χ2n) is 3.58. The van der Waals surface area contributed by atoms with Crippen LogP contribution in [-0.4, -0.2) is 42.3 Å². The minimum atomic E-state index is -4.60. The summed E-state index contributed by atoms with van der Waals surface area (Å²) in [5.41, 5.74) is 5.46. The Morgan fingerprint density at radius 3 is 2.53 bits per heavy atom. The molecule has 88 valence electrons. The summed E-state index contributed by atoms with van der Waals surface area (Å²) in [7, 11) is 0. The number of piperidine rings is 1. The smallest absolute Gasteiger partial charge is 0.336 e. The van der Waals surface area contributed by atoms with E-state index in [4.69, 9.17) is 5.73 Å². The molecule has 0 aromatic rings. The number of likely N-dealkylation sites (tertiary alicyclic amines) is 1. The average molecular weight is 228 g/mol. The van der Waals surface area contributed by atoms with Crippen molar-refractivity contribution in [3.8, 4) is 0 Å². The number of carbonyl (C=O) groups is 1. The van der Waals surface area contributed by atoms with E-state index in [9.17, 15) is 22.4 Å². The van der Waals surface area contributed by atoms with Crippen LogP contribution in [0.25, 0.3) is 0 Å². The molecule has 1 aliphatic rings. The molecule has 1 saturated heterocycles. The Bertz CT molecular complexity index is 247. The van der Waals surface area contributed by atoms with Gasteiger partial charge in [-0.3, -0.25) is 4.79 Å². The summed E-state index contributed by atoms with van der Waals surface area (Å²) in [6.07, 6.45) is -2.89. The molecule has 15 heavy (non-hydrogen) atoms. The second-order valence-corrected chi connectivity index (χ2v) is 3.58. The Kier molecular flexibility index (Phi) is 3.54. The average Bonchev–Trinajstić information content (AvgIpc) is 2.16. The number of nitrogens with zero attached hydrogens (tertiary/aromatic N) is 1. The molecule has 1 rings (SSSR count). The normalized spacial score (nSPS) is 23.3. The molecule has 0 unspecified atom stereocenters. The SMILES string of the molecule is N[C@@H]1CCCN(C(=O)C(F)(F)C(F)F)C1. The largest absolute Gasteiger partial charge is 0.383 e. The van der Waals surface area contributed by atoms with Crippen LogP contribution in [0, 0.1) is 0 Å². The zero-order valence-electron chi connectivity index (χ0n) is 7.93. The predicted molar refractivity (Wildman–Crippen MR) is 44.7 cm³/mol. The molecule has 0 aromatic carbocycles. The second kappa shape index (κ2) is 4.34. The lowest BCUT2D eigenvalue weighted by molar-refractivity contribution is -0.181. The molecular weight excluding hydrogens is 216 g/mol. The lowest BCUT2D eigenvalue weighted by Gasteiger charge is -2.32. The third kappa shape index (κ3) is 2.58. The predicted octanol–water partition coefficient (Wildman–Crippen LogP) is 0.836. The zero-order chi connectivity index (χ0) is 11.6. The van der Waals surface area contributed by atoms with Gasteiger partial charge >= 0.3 is 12.3 Å². The molecule has 1 atom stereocenters. The lowest BCUT2D eigenvalue weighted by atomic mass is 10.1. The molecule has 1 amide bonds. The number of carbonyl (C=O) groups excluding carboxylic acids is 1. The molecule has 0 aromatic heterocycles. The van der Waals surface area contributed by atoms with Gasteiger partial charge in [-0.1, -0.05) is 0 Å². The van der Waals surface area contributed by atoms with Crippen LogP contribution in [0.15, 0.2) is 0 Å². The fraction of sp³-hybridized carbons (Fsp3) is 0.875. The van der Waals surface area contributed by atoms with E-state index >= 15 is 0 Å². The first-order chi connectivity index (χ1) is 6.85. The van der Waals surface area contributed by atoms with Gasteiger partial charge in [0.1, 0.15) is 0 Å². The van der Waals surface area contributed by atoms with Crippen molar-refractivity contribution in [2.75, 3.05) is 13.1 Å². The van der Waals surface area contributed by atoms with E-state index in [1.54, 1.807) is 0 Å². The van der Waals surface area contributed by atoms with E-state index in [1.165, 1.54) is 0 Å². The van der Waals surface area contributed by atoms with Crippen LogP contribution in [0.3, 0.4) is 0 Å². The molecule has 0 radical (unpaired) electrons. The zero-order valence-corrected chi connectivity index (χ0v) is 7.93. The van der Waals surface area contributed by atoms with E-state index in [0.717, 1.165) is 0 Å². The summed E-state index contributed by atoms with van der Waals surface area (Å²) >= 11 is 0. The number of alkyl halides is 4. The Morgan fingerprint density at radius 2 is 2.07 bits per heavy atom. The van der Waals surface area contributed by atoms with Crippen molar-refractivity contribution < 1.29 is 22.4 Å². The summed E-state index contributed by atoms with van der Waals surface area (Å²) in [4.78, 5) is 11.8. The van der Waals surface area contributed by atoms with Crippen molar-refractivity contribution in [2.45, 2.75) is 31.2 Å². The Balaban J connectivity index is 2.67. The van der Waals surface area contributed by atoms with Crippen molar-refractivity contribution in [1.82, 2.24) is 4.90 Å². The molecular formula is C8H12F4N2O. The van der Waals surface area contributed by atoms with Gasteiger partial charge in [0.25, 0.3) is 5.91 Å². The van der Waals surface area contributed by atoms with Crippen molar-refractivity contribution in [3.05, 3.63) is 0 Å². The fourth-order valence-electron chi connectivity index (χ4n) is 1.50. The van der Waals surface area contributed by atoms with Crippen LogP contribution >= 0.6 is 0 Å². The highest BCUT2D eigenvalue weighted by atomic mass is 19.3. The number of amides is 1. The van der Waals surface area contributed by atoms with E-state index in [-0.39, 0.29) is 13.1 Å². The molecule has 0 bridgehead atoms. The molecule has 1 fully saturated rings. The van der Waals surface area contributed by atoms with Crippen LogP contribution in [-0.2, 0) is 4.79 Å². The molecule has 2 N–H and O–H groups in total. The fourth-order valence-corrected chi connectivity index (χ4v) is 1.50. The molecule has 0 aliphatic carbocycles. The van der Waals surface area contributed by atoms with Gasteiger partial charge in [0.05, 0.1) is 0 Å². The molecule has 1 heterocycles. The van der Waals surface area contributed by atoms with Gasteiger partial charge in [-0.15, -0.1) is 0 Å². The van der Waals surface area contributed by atoms with Crippen molar-refractivity contribution in [3.63, 3.8) is 0 Å². The Hall–Kier alpha value is -0.850. The maximum absolute atomic E-state index is 12.7. The standard InChI is InChI=1S/C8H12F4N2O/c9-6(10)8(11,12)7(15)14-3-1-2-5(13)4-14/h5-6H,1-4,13H2/t5-/m1/s1. The third-order valence-corrected chi connectivity index (χ3v) is 2.30. The molecule has 3 nitrogen and oxygen atoms in total. The number of hydrogen-bond donors (Lipinski definition) is 1. The van der Waals surface area contributed by atoms with Crippen molar-refractivity contribution in [2.24, 2.45) is 5.73 Å². The Morgan fingerprint density at radius 1 is 1.47 bits per heavy atom. The first kappa shape index (κ1) is 12.2. The van der Waals surface area contributed by atoms with E-state index in [1.807, 2.05) is 0 Å². The molecule has 1 aliphatic heterocycles. The first-order valence-electron chi connectivity index (χ1n) is 4.56. The summed E-state index contributed by atoms with van der Waals surface area (Å²) in [6, 6.07) is -0.406. The Labute approximate surface area is 84.2 Å². The number of rotatable bonds is 2.